The van der Waals surface area contributed by atoms with Crippen LogP contribution in [0.25, 0.3) is 0 Å². The second-order valence-corrected chi connectivity index (χ2v) is 3.70. The van der Waals surface area contributed by atoms with Gasteiger partial charge in [-0.2, -0.15) is 0 Å². The van der Waals surface area contributed by atoms with Crippen molar-refractivity contribution in [3.63, 3.8) is 0 Å². The highest BCUT2D eigenvalue weighted by Crippen LogP contribution is 2.19. The number of hydrogen-bond acceptors (Lipinski definition) is 3. The third-order valence-corrected chi connectivity index (χ3v) is 2.67. The summed E-state index contributed by atoms with van der Waals surface area (Å²) in [5.41, 5.74) is 0. The fourth-order valence-electron chi connectivity index (χ4n) is 1.25. The van der Waals surface area contributed by atoms with Gasteiger partial charge in [-0.05, 0) is 13.0 Å². The van der Waals surface area contributed by atoms with E-state index in [2.05, 4.69) is 24.1 Å². The highest BCUT2D eigenvalue weighted by atomic mass is 32.1. The SMILES string of the molecule is CCCC(NCC)c1nccs1. The molecule has 3 heteroatoms. The summed E-state index contributed by atoms with van der Waals surface area (Å²) in [4.78, 5) is 4.31. The van der Waals surface area contributed by atoms with Crippen molar-refractivity contribution in [2.45, 2.75) is 32.7 Å². The Labute approximate surface area is 78.0 Å². The van der Waals surface area contributed by atoms with E-state index in [4.69, 9.17) is 0 Å². The van der Waals surface area contributed by atoms with E-state index in [-0.39, 0.29) is 0 Å². The van der Waals surface area contributed by atoms with E-state index in [1.807, 2.05) is 11.6 Å². The summed E-state index contributed by atoms with van der Waals surface area (Å²) in [5.74, 6) is 0. The number of nitrogens with one attached hydrogen (secondary N) is 1. The zero-order valence-electron chi connectivity index (χ0n) is 7.71. The number of aromatic nitrogens is 1. The lowest BCUT2D eigenvalue weighted by Gasteiger charge is -2.13. The van der Waals surface area contributed by atoms with Crippen LogP contribution < -0.4 is 5.32 Å². The molecule has 0 amide bonds. The highest BCUT2D eigenvalue weighted by Gasteiger charge is 2.10. The molecule has 0 radical (unpaired) electrons. The summed E-state index contributed by atoms with van der Waals surface area (Å²) in [6.07, 6.45) is 4.26. The van der Waals surface area contributed by atoms with Crippen LogP contribution in [0.5, 0.6) is 0 Å². The summed E-state index contributed by atoms with van der Waals surface area (Å²) < 4.78 is 0. The first kappa shape index (κ1) is 9.68. The third kappa shape index (κ3) is 2.57. The van der Waals surface area contributed by atoms with E-state index in [0.29, 0.717) is 6.04 Å². The minimum absolute atomic E-state index is 0.472. The van der Waals surface area contributed by atoms with Crippen molar-refractivity contribution in [2.75, 3.05) is 6.54 Å². The molecular weight excluding hydrogens is 168 g/mol. The van der Waals surface area contributed by atoms with Crippen LogP contribution in [-0.4, -0.2) is 11.5 Å². The highest BCUT2D eigenvalue weighted by molar-refractivity contribution is 7.09. The average Bonchev–Trinajstić information content (AvgIpc) is 2.56. The Hall–Kier alpha value is -0.410. The van der Waals surface area contributed by atoms with Gasteiger partial charge < -0.3 is 5.32 Å². The molecule has 1 unspecified atom stereocenters. The van der Waals surface area contributed by atoms with Gasteiger partial charge in [-0.1, -0.05) is 20.3 Å². The lowest BCUT2D eigenvalue weighted by molar-refractivity contribution is 0.507. The smallest absolute Gasteiger partial charge is 0.109 e. The number of hydrogen-bond donors (Lipinski definition) is 1. The van der Waals surface area contributed by atoms with Gasteiger partial charge in [0.25, 0.3) is 0 Å². The summed E-state index contributed by atoms with van der Waals surface area (Å²) in [5, 5.41) is 6.69. The van der Waals surface area contributed by atoms with Gasteiger partial charge in [0.05, 0.1) is 6.04 Å². The topological polar surface area (TPSA) is 24.9 Å². The molecule has 1 atom stereocenters. The van der Waals surface area contributed by atoms with Gasteiger partial charge in [0, 0.05) is 11.6 Å². The molecule has 0 aliphatic carbocycles. The maximum atomic E-state index is 4.31. The summed E-state index contributed by atoms with van der Waals surface area (Å²) in [6.45, 7) is 5.36. The predicted octanol–water partition coefficient (Wildman–Crippen LogP) is 2.59. The molecule has 0 bridgehead atoms. The normalized spacial score (nSPS) is 13.2. The van der Waals surface area contributed by atoms with Crippen molar-refractivity contribution in [3.8, 4) is 0 Å². The first-order valence-electron chi connectivity index (χ1n) is 4.51. The van der Waals surface area contributed by atoms with Crippen LogP contribution in [0.2, 0.25) is 0 Å². The van der Waals surface area contributed by atoms with Crippen molar-refractivity contribution >= 4 is 11.3 Å². The third-order valence-electron chi connectivity index (χ3n) is 1.78. The minimum Gasteiger partial charge on any atom is -0.308 e. The predicted molar refractivity (Wildman–Crippen MR) is 53.4 cm³/mol. The van der Waals surface area contributed by atoms with Crippen LogP contribution in [-0.2, 0) is 0 Å². The van der Waals surface area contributed by atoms with Crippen LogP contribution >= 0.6 is 11.3 Å². The lowest BCUT2D eigenvalue weighted by Crippen LogP contribution is -2.20. The van der Waals surface area contributed by atoms with Gasteiger partial charge in [0.1, 0.15) is 5.01 Å². The summed E-state index contributed by atoms with van der Waals surface area (Å²) in [6, 6.07) is 0.472. The lowest BCUT2D eigenvalue weighted by atomic mass is 10.2. The quantitative estimate of drug-likeness (QED) is 0.761. The molecule has 0 aromatic carbocycles. The van der Waals surface area contributed by atoms with Crippen molar-refractivity contribution in [2.24, 2.45) is 0 Å². The molecule has 0 saturated heterocycles. The Balaban J connectivity index is 2.53. The van der Waals surface area contributed by atoms with Gasteiger partial charge in [-0.3, -0.25) is 0 Å². The van der Waals surface area contributed by atoms with Crippen molar-refractivity contribution in [1.82, 2.24) is 10.3 Å². The molecule has 0 spiro atoms. The fourth-order valence-corrected chi connectivity index (χ4v) is 2.00. The zero-order chi connectivity index (χ0) is 8.81. The van der Waals surface area contributed by atoms with Gasteiger partial charge in [-0.25, -0.2) is 4.98 Å². The van der Waals surface area contributed by atoms with Crippen LogP contribution in [0, 0.1) is 0 Å². The molecule has 0 aliphatic rings. The molecule has 2 nitrogen and oxygen atoms in total. The monoisotopic (exact) mass is 184 g/mol. The molecule has 1 N–H and O–H groups in total. The Morgan fingerprint density at radius 1 is 1.58 bits per heavy atom. The molecule has 1 aromatic rings. The Bertz CT molecular complexity index is 190. The first-order valence-corrected chi connectivity index (χ1v) is 5.39. The van der Waals surface area contributed by atoms with Crippen LogP contribution in [0.4, 0.5) is 0 Å². The van der Waals surface area contributed by atoms with Gasteiger partial charge in [0.15, 0.2) is 0 Å². The van der Waals surface area contributed by atoms with E-state index >= 15 is 0 Å². The molecular formula is C9H16N2S. The van der Waals surface area contributed by atoms with E-state index in [1.165, 1.54) is 17.8 Å². The molecule has 0 saturated carbocycles. The van der Waals surface area contributed by atoms with Crippen LogP contribution in [0.3, 0.4) is 0 Å². The first-order chi connectivity index (χ1) is 5.88. The second-order valence-electron chi connectivity index (χ2n) is 2.77. The largest absolute Gasteiger partial charge is 0.308 e. The summed E-state index contributed by atoms with van der Waals surface area (Å²) >= 11 is 1.74. The van der Waals surface area contributed by atoms with Crippen LogP contribution in [0.1, 0.15) is 37.7 Å². The van der Waals surface area contributed by atoms with E-state index in [1.54, 1.807) is 11.3 Å². The standard InChI is InChI=1S/C9H16N2S/c1-3-5-8(10-4-2)9-11-6-7-12-9/h6-8,10H,3-5H2,1-2H3. The van der Waals surface area contributed by atoms with Crippen molar-refractivity contribution in [1.29, 1.82) is 0 Å². The average molecular weight is 184 g/mol. The molecule has 0 aliphatic heterocycles. The number of thiazole rings is 1. The Morgan fingerprint density at radius 2 is 2.42 bits per heavy atom. The van der Waals surface area contributed by atoms with E-state index in [0.717, 1.165) is 6.54 Å². The molecule has 0 fully saturated rings. The molecule has 1 heterocycles. The zero-order valence-corrected chi connectivity index (χ0v) is 8.53. The number of rotatable bonds is 5. The van der Waals surface area contributed by atoms with Gasteiger partial charge >= 0.3 is 0 Å². The molecule has 12 heavy (non-hydrogen) atoms. The van der Waals surface area contributed by atoms with Gasteiger partial charge in [0.2, 0.25) is 0 Å². The van der Waals surface area contributed by atoms with E-state index in [9.17, 15) is 0 Å². The summed E-state index contributed by atoms with van der Waals surface area (Å²) in [7, 11) is 0. The maximum absolute atomic E-state index is 4.31. The Morgan fingerprint density at radius 3 is 2.92 bits per heavy atom. The molecule has 1 aromatic heterocycles. The fraction of sp³-hybridized carbons (Fsp3) is 0.667. The minimum atomic E-state index is 0.472. The van der Waals surface area contributed by atoms with Crippen molar-refractivity contribution in [3.05, 3.63) is 16.6 Å². The van der Waals surface area contributed by atoms with Crippen LogP contribution in [0.15, 0.2) is 11.6 Å². The molecule has 68 valence electrons. The Kier molecular flexibility index (Phi) is 4.25. The van der Waals surface area contributed by atoms with Crippen molar-refractivity contribution < 1.29 is 0 Å². The van der Waals surface area contributed by atoms with Gasteiger partial charge in [-0.15, -0.1) is 11.3 Å². The second kappa shape index (κ2) is 5.27. The maximum Gasteiger partial charge on any atom is 0.109 e. The number of nitrogens with zero attached hydrogens (tertiary/aromatic N) is 1. The molecule has 1 rings (SSSR count). The van der Waals surface area contributed by atoms with E-state index < -0.39 is 0 Å².